The molecule has 3 aliphatic rings. The molecule has 1 unspecified atom stereocenters. The number of hydrogen-bond acceptors (Lipinski definition) is 5. The predicted molar refractivity (Wildman–Crippen MR) is 100 cm³/mol. The van der Waals surface area contributed by atoms with Crippen molar-refractivity contribution in [2.75, 3.05) is 37.9 Å². The third-order valence-electron chi connectivity index (χ3n) is 5.39. The van der Waals surface area contributed by atoms with Crippen LogP contribution in [-0.4, -0.2) is 49.2 Å². The molecule has 0 radical (unpaired) electrons. The second-order valence-electron chi connectivity index (χ2n) is 6.92. The highest BCUT2D eigenvalue weighted by atomic mass is 16.5. The van der Waals surface area contributed by atoms with Crippen molar-refractivity contribution >= 4 is 17.0 Å². The van der Waals surface area contributed by atoms with Crippen LogP contribution in [0.25, 0.3) is 11.3 Å². The standard InChI is InChI=1S/C21H22N2O3/c24-21-19(20-16-6-2-1-5-15(16)13-26-20)17-7-3-4-8-18(17)23(21)14-22-9-11-25-12-10-22/h1-8,21,24H,9-14H2/b20-19+. The molecule has 0 spiro atoms. The number of para-hydroxylation sites is 1. The molecule has 3 aliphatic heterocycles. The topological polar surface area (TPSA) is 45.2 Å². The van der Waals surface area contributed by atoms with Gasteiger partial charge in [-0.25, -0.2) is 0 Å². The predicted octanol–water partition coefficient (Wildman–Crippen LogP) is 2.51. The van der Waals surface area contributed by atoms with Crippen molar-refractivity contribution in [1.82, 2.24) is 4.90 Å². The first kappa shape index (κ1) is 15.9. The normalized spacial score (nSPS) is 25.1. The summed E-state index contributed by atoms with van der Waals surface area (Å²) >= 11 is 0. The molecule has 3 heterocycles. The Hall–Kier alpha value is -2.34. The number of morpholine rings is 1. The Kier molecular flexibility index (Phi) is 3.93. The Balaban J connectivity index is 1.57. The number of benzene rings is 2. The number of aliphatic hydroxyl groups excluding tert-OH is 1. The van der Waals surface area contributed by atoms with Gasteiger partial charge in [-0.05, 0) is 6.07 Å². The summed E-state index contributed by atoms with van der Waals surface area (Å²) in [6.07, 6.45) is -0.712. The molecule has 2 aromatic rings. The van der Waals surface area contributed by atoms with Gasteiger partial charge in [0.2, 0.25) is 0 Å². The first-order valence-corrected chi connectivity index (χ1v) is 9.12. The van der Waals surface area contributed by atoms with Crippen molar-refractivity contribution in [3.63, 3.8) is 0 Å². The maximum absolute atomic E-state index is 11.2. The highest BCUT2D eigenvalue weighted by molar-refractivity contribution is 5.99. The summed E-state index contributed by atoms with van der Waals surface area (Å²) in [6.45, 7) is 4.51. The van der Waals surface area contributed by atoms with E-state index in [1.807, 2.05) is 24.3 Å². The van der Waals surface area contributed by atoms with Crippen molar-refractivity contribution in [1.29, 1.82) is 0 Å². The molecule has 5 rings (SSSR count). The van der Waals surface area contributed by atoms with Crippen molar-refractivity contribution < 1.29 is 14.6 Å². The molecule has 0 saturated carbocycles. The highest BCUT2D eigenvalue weighted by Crippen LogP contribution is 2.45. The zero-order valence-electron chi connectivity index (χ0n) is 14.6. The van der Waals surface area contributed by atoms with E-state index >= 15 is 0 Å². The third-order valence-corrected chi connectivity index (χ3v) is 5.39. The first-order chi connectivity index (χ1) is 12.8. The molecule has 5 nitrogen and oxygen atoms in total. The molecule has 1 N–H and O–H groups in total. The van der Waals surface area contributed by atoms with Crippen LogP contribution in [0.2, 0.25) is 0 Å². The molecule has 1 fully saturated rings. The van der Waals surface area contributed by atoms with Crippen molar-refractivity contribution in [3.8, 4) is 0 Å². The average molecular weight is 350 g/mol. The summed E-state index contributed by atoms with van der Waals surface area (Å²) in [4.78, 5) is 4.38. The summed E-state index contributed by atoms with van der Waals surface area (Å²) in [6, 6.07) is 16.4. The quantitative estimate of drug-likeness (QED) is 0.902. The molecule has 0 aliphatic carbocycles. The fraction of sp³-hybridized carbons (Fsp3) is 0.333. The van der Waals surface area contributed by atoms with Crippen LogP contribution < -0.4 is 4.90 Å². The van der Waals surface area contributed by atoms with E-state index in [4.69, 9.17) is 9.47 Å². The Morgan fingerprint density at radius 1 is 0.962 bits per heavy atom. The summed E-state index contributed by atoms with van der Waals surface area (Å²) in [5, 5.41) is 11.2. The van der Waals surface area contributed by atoms with Crippen molar-refractivity contribution in [2.24, 2.45) is 0 Å². The Labute approximate surface area is 153 Å². The summed E-state index contributed by atoms with van der Waals surface area (Å²) < 4.78 is 11.5. The molecule has 2 aromatic carbocycles. The number of hydrogen-bond donors (Lipinski definition) is 1. The number of rotatable bonds is 2. The molecular weight excluding hydrogens is 328 g/mol. The van der Waals surface area contributed by atoms with Gasteiger partial charge in [-0.2, -0.15) is 0 Å². The van der Waals surface area contributed by atoms with Gasteiger partial charge in [0.25, 0.3) is 0 Å². The lowest BCUT2D eigenvalue weighted by atomic mass is 10.0. The van der Waals surface area contributed by atoms with E-state index in [1.165, 1.54) is 5.56 Å². The lowest BCUT2D eigenvalue weighted by Gasteiger charge is -2.33. The van der Waals surface area contributed by atoms with Crippen LogP contribution >= 0.6 is 0 Å². The van der Waals surface area contributed by atoms with E-state index in [-0.39, 0.29) is 0 Å². The fourth-order valence-corrected chi connectivity index (χ4v) is 4.05. The van der Waals surface area contributed by atoms with Crippen LogP contribution in [0.1, 0.15) is 16.7 Å². The molecule has 1 saturated heterocycles. The zero-order chi connectivity index (χ0) is 17.5. The molecule has 0 bridgehead atoms. The van der Waals surface area contributed by atoms with Gasteiger partial charge < -0.3 is 19.5 Å². The molecule has 26 heavy (non-hydrogen) atoms. The molecule has 1 atom stereocenters. The summed E-state index contributed by atoms with van der Waals surface area (Å²) in [5.41, 5.74) is 5.25. The van der Waals surface area contributed by atoms with E-state index in [0.29, 0.717) is 13.3 Å². The molecule has 0 aromatic heterocycles. The van der Waals surface area contributed by atoms with E-state index in [0.717, 1.165) is 54.4 Å². The van der Waals surface area contributed by atoms with Crippen molar-refractivity contribution in [3.05, 3.63) is 65.2 Å². The smallest absolute Gasteiger partial charge is 0.158 e. The second-order valence-corrected chi connectivity index (χ2v) is 6.92. The van der Waals surface area contributed by atoms with Gasteiger partial charge in [-0.3, -0.25) is 4.90 Å². The summed E-state index contributed by atoms with van der Waals surface area (Å²) in [7, 11) is 0. The Morgan fingerprint density at radius 2 is 1.69 bits per heavy atom. The van der Waals surface area contributed by atoms with E-state index in [9.17, 15) is 5.11 Å². The van der Waals surface area contributed by atoms with E-state index in [2.05, 4.69) is 34.1 Å². The van der Waals surface area contributed by atoms with Crippen LogP contribution in [0.5, 0.6) is 0 Å². The van der Waals surface area contributed by atoms with Gasteiger partial charge in [0.15, 0.2) is 6.23 Å². The second kappa shape index (κ2) is 6.43. The lowest BCUT2D eigenvalue weighted by molar-refractivity contribution is 0.0341. The molecule has 134 valence electrons. The van der Waals surface area contributed by atoms with Gasteiger partial charge >= 0.3 is 0 Å². The van der Waals surface area contributed by atoms with Crippen molar-refractivity contribution in [2.45, 2.75) is 12.8 Å². The minimum Gasteiger partial charge on any atom is -0.488 e. The summed E-state index contributed by atoms with van der Waals surface area (Å²) in [5.74, 6) is 0.810. The number of anilines is 1. The highest BCUT2D eigenvalue weighted by Gasteiger charge is 2.38. The maximum Gasteiger partial charge on any atom is 0.158 e. The van der Waals surface area contributed by atoms with Gasteiger partial charge in [0.05, 0.1) is 25.5 Å². The van der Waals surface area contributed by atoms with Crippen LogP contribution in [0.15, 0.2) is 48.5 Å². The average Bonchev–Trinajstić information content (AvgIpc) is 3.22. The Bertz CT molecular complexity index is 858. The first-order valence-electron chi connectivity index (χ1n) is 9.12. The number of aliphatic hydroxyl groups is 1. The van der Waals surface area contributed by atoms with Crippen LogP contribution in [0.4, 0.5) is 5.69 Å². The minimum absolute atomic E-state index is 0.563. The van der Waals surface area contributed by atoms with E-state index < -0.39 is 6.23 Å². The lowest BCUT2D eigenvalue weighted by Crippen LogP contribution is -2.46. The third kappa shape index (κ3) is 2.51. The number of nitrogens with zero attached hydrogens (tertiary/aromatic N) is 2. The zero-order valence-corrected chi connectivity index (χ0v) is 14.6. The minimum atomic E-state index is -0.712. The molecule has 5 heteroatoms. The van der Waals surface area contributed by atoms with Gasteiger partial charge in [-0.1, -0.05) is 42.5 Å². The number of fused-ring (bicyclic) bond motifs is 2. The molecular formula is C21H22N2O3. The van der Waals surface area contributed by atoms with Crippen LogP contribution in [0.3, 0.4) is 0 Å². The molecule has 0 amide bonds. The monoisotopic (exact) mass is 350 g/mol. The van der Waals surface area contributed by atoms with Gasteiger partial charge in [-0.15, -0.1) is 0 Å². The SMILES string of the molecule is OC1/C(=C2/OCc3ccccc32)c2ccccc2N1CN1CCOCC1. The van der Waals surface area contributed by atoms with Gasteiger partial charge in [0, 0.05) is 35.5 Å². The fourth-order valence-electron chi connectivity index (χ4n) is 4.05. The largest absolute Gasteiger partial charge is 0.488 e. The van der Waals surface area contributed by atoms with E-state index in [1.54, 1.807) is 0 Å². The Morgan fingerprint density at radius 3 is 2.54 bits per heavy atom. The van der Waals surface area contributed by atoms with Gasteiger partial charge in [0.1, 0.15) is 12.4 Å². The van der Waals surface area contributed by atoms with Crippen LogP contribution in [0, 0.1) is 0 Å². The number of ether oxygens (including phenoxy) is 2. The van der Waals surface area contributed by atoms with Crippen LogP contribution in [-0.2, 0) is 16.1 Å². The maximum atomic E-state index is 11.2.